The molecule has 22 heavy (non-hydrogen) atoms. The fourth-order valence-electron chi connectivity index (χ4n) is 2.54. The van der Waals surface area contributed by atoms with Crippen molar-refractivity contribution in [2.75, 3.05) is 18.0 Å². The highest BCUT2D eigenvalue weighted by atomic mass is 16.6. The molecule has 0 atom stereocenters. The van der Waals surface area contributed by atoms with E-state index in [-0.39, 0.29) is 11.3 Å². The second kappa shape index (κ2) is 6.34. The quantitative estimate of drug-likeness (QED) is 0.485. The van der Waals surface area contributed by atoms with Gasteiger partial charge in [0.15, 0.2) is 0 Å². The third kappa shape index (κ3) is 3.96. The van der Waals surface area contributed by atoms with Gasteiger partial charge in [0.05, 0.1) is 10.5 Å². The van der Waals surface area contributed by atoms with Crippen molar-refractivity contribution in [3.8, 4) is 0 Å². The average Bonchev–Trinajstić information content (AvgIpc) is 2.45. The highest BCUT2D eigenvalue weighted by Gasteiger charge is 2.25. The SMILES string of the molecule is CC(C)(C)OC(=O)c1ccc(N2CCCCC2)c([N+](=O)[O-])c1. The van der Waals surface area contributed by atoms with Crippen LogP contribution in [0.1, 0.15) is 50.4 Å². The van der Waals surface area contributed by atoms with Gasteiger partial charge in [-0.3, -0.25) is 10.1 Å². The molecule has 1 fully saturated rings. The number of anilines is 1. The molecule has 120 valence electrons. The smallest absolute Gasteiger partial charge is 0.338 e. The maximum atomic E-state index is 12.1. The summed E-state index contributed by atoms with van der Waals surface area (Å²) in [7, 11) is 0. The molecular formula is C16H22N2O4. The van der Waals surface area contributed by atoms with Gasteiger partial charge in [0.25, 0.3) is 5.69 Å². The number of esters is 1. The Morgan fingerprint density at radius 1 is 1.23 bits per heavy atom. The van der Waals surface area contributed by atoms with Gasteiger partial charge in [-0.05, 0) is 52.2 Å². The average molecular weight is 306 g/mol. The van der Waals surface area contributed by atoms with Crippen molar-refractivity contribution in [3.05, 3.63) is 33.9 Å². The van der Waals surface area contributed by atoms with Crippen molar-refractivity contribution >= 4 is 17.3 Å². The summed E-state index contributed by atoms with van der Waals surface area (Å²) in [6.07, 6.45) is 3.22. The predicted molar refractivity (Wildman–Crippen MR) is 84.3 cm³/mol. The molecule has 0 unspecified atom stereocenters. The standard InChI is InChI=1S/C16H22N2O4/c1-16(2,3)22-15(19)12-7-8-13(14(11-12)18(20)21)17-9-5-4-6-10-17/h7-8,11H,4-6,9-10H2,1-3H3. The first-order valence-corrected chi connectivity index (χ1v) is 7.55. The summed E-state index contributed by atoms with van der Waals surface area (Å²) in [5.41, 5.74) is 0.127. The monoisotopic (exact) mass is 306 g/mol. The summed E-state index contributed by atoms with van der Waals surface area (Å²) in [5.74, 6) is -0.541. The molecule has 0 N–H and O–H groups in total. The summed E-state index contributed by atoms with van der Waals surface area (Å²) in [6.45, 7) is 6.92. The number of ether oxygens (including phenoxy) is 1. The van der Waals surface area contributed by atoms with Crippen LogP contribution >= 0.6 is 0 Å². The molecule has 1 aliphatic rings. The van der Waals surface area contributed by atoms with Crippen molar-refractivity contribution in [1.82, 2.24) is 0 Å². The lowest BCUT2D eigenvalue weighted by atomic mass is 10.1. The van der Waals surface area contributed by atoms with Crippen LogP contribution in [-0.2, 0) is 4.74 Å². The first-order chi connectivity index (χ1) is 10.3. The van der Waals surface area contributed by atoms with Crippen molar-refractivity contribution in [2.45, 2.75) is 45.6 Å². The fourth-order valence-corrected chi connectivity index (χ4v) is 2.54. The van der Waals surface area contributed by atoms with E-state index in [4.69, 9.17) is 4.74 Å². The number of carbonyl (C=O) groups is 1. The molecule has 0 aromatic heterocycles. The number of carbonyl (C=O) groups excluding carboxylic acids is 1. The van der Waals surface area contributed by atoms with Crippen molar-refractivity contribution < 1.29 is 14.5 Å². The maximum absolute atomic E-state index is 12.1. The van der Waals surface area contributed by atoms with Gasteiger partial charge in [-0.2, -0.15) is 0 Å². The minimum atomic E-state index is -0.628. The lowest BCUT2D eigenvalue weighted by Gasteiger charge is -2.28. The molecule has 1 aromatic rings. The molecule has 6 nitrogen and oxygen atoms in total. The van der Waals surface area contributed by atoms with E-state index in [9.17, 15) is 14.9 Å². The Labute approximate surface area is 130 Å². The Hall–Kier alpha value is -2.11. The highest BCUT2D eigenvalue weighted by Crippen LogP contribution is 2.31. The number of hydrogen-bond acceptors (Lipinski definition) is 5. The lowest BCUT2D eigenvalue weighted by molar-refractivity contribution is -0.384. The van der Waals surface area contributed by atoms with Crippen molar-refractivity contribution in [2.24, 2.45) is 0 Å². The van der Waals surface area contributed by atoms with Crippen molar-refractivity contribution in [1.29, 1.82) is 0 Å². The zero-order valence-corrected chi connectivity index (χ0v) is 13.3. The molecule has 2 rings (SSSR count). The molecule has 0 spiro atoms. The van der Waals surface area contributed by atoms with Gasteiger partial charge >= 0.3 is 5.97 Å². The van der Waals surface area contributed by atoms with Crippen LogP contribution in [-0.4, -0.2) is 29.6 Å². The number of piperidine rings is 1. The van der Waals surface area contributed by atoms with E-state index < -0.39 is 16.5 Å². The molecule has 1 aromatic carbocycles. The number of nitro groups is 1. The van der Waals surface area contributed by atoms with E-state index in [1.807, 2.05) is 4.90 Å². The largest absolute Gasteiger partial charge is 0.456 e. The Morgan fingerprint density at radius 2 is 1.86 bits per heavy atom. The summed E-state index contributed by atoms with van der Waals surface area (Å²) in [6, 6.07) is 4.58. The third-order valence-electron chi connectivity index (χ3n) is 3.50. The van der Waals surface area contributed by atoms with Gasteiger partial charge in [-0.1, -0.05) is 0 Å². The highest BCUT2D eigenvalue weighted by molar-refractivity contribution is 5.91. The van der Waals surface area contributed by atoms with Gasteiger partial charge < -0.3 is 9.64 Å². The number of hydrogen-bond donors (Lipinski definition) is 0. The second-order valence-electron chi connectivity index (χ2n) is 6.51. The topological polar surface area (TPSA) is 72.7 Å². The zero-order valence-electron chi connectivity index (χ0n) is 13.3. The van der Waals surface area contributed by atoms with Gasteiger partial charge in [-0.25, -0.2) is 4.79 Å². The maximum Gasteiger partial charge on any atom is 0.338 e. The Kier molecular flexibility index (Phi) is 4.68. The number of rotatable bonds is 3. The number of nitro benzene ring substituents is 1. The minimum absolute atomic E-state index is 0.0368. The van der Waals surface area contributed by atoms with Crippen LogP contribution in [0.25, 0.3) is 0 Å². The summed E-state index contributed by atoms with van der Waals surface area (Å²) >= 11 is 0. The van der Waals surface area contributed by atoms with Gasteiger partial charge in [0.1, 0.15) is 11.3 Å². The number of nitrogens with zero attached hydrogens (tertiary/aromatic N) is 2. The lowest BCUT2D eigenvalue weighted by Crippen LogP contribution is -2.30. The summed E-state index contributed by atoms with van der Waals surface area (Å²) < 4.78 is 5.27. The molecule has 0 bridgehead atoms. The fraction of sp³-hybridized carbons (Fsp3) is 0.562. The third-order valence-corrected chi connectivity index (χ3v) is 3.50. The van der Waals surface area contributed by atoms with E-state index in [1.54, 1.807) is 32.9 Å². The molecule has 0 amide bonds. The Bertz CT molecular complexity index is 572. The van der Waals surface area contributed by atoms with Gasteiger partial charge in [0.2, 0.25) is 0 Å². The first-order valence-electron chi connectivity index (χ1n) is 7.55. The summed E-state index contributed by atoms with van der Waals surface area (Å²) in [5, 5.41) is 11.4. The predicted octanol–water partition coefficient (Wildman–Crippen LogP) is 3.54. The molecule has 0 radical (unpaired) electrons. The van der Waals surface area contributed by atoms with Crippen LogP contribution in [0.15, 0.2) is 18.2 Å². The Balaban J connectivity index is 2.30. The molecule has 0 aliphatic carbocycles. The molecule has 1 heterocycles. The van der Waals surface area contributed by atoms with Crippen LogP contribution in [0, 0.1) is 10.1 Å². The molecule has 6 heteroatoms. The second-order valence-corrected chi connectivity index (χ2v) is 6.51. The molecule has 1 aliphatic heterocycles. The molecule has 1 saturated heterocycles. The van der Waals surface area contributed by atoms with E-state index in [2.05, 4.69) is 0 Å². The van der Waals surface area contributed by atoms with Gasteiger partial charge in [-0.15, -0.1) is 0 Å². The van der Waals surface area contributed by atoms with Crippen LogP contribution in [0.2, 0.25) is 0 Å². The summed E-state index contributed by atoms with van der Waals surface area (Å²) in [4.78, 5) is 25.0. The first kappa shape index (κ1) is 16.3. The minimum Gasteiger partial charge on any atom is -0.456 e. The molecular weight excluding hydrogens is 284 g/mol. The van der Waals surface area contributed by atoms with Crippen molar-refractivity contribution in [3.63, 3.8) is 0 Å². The van der Waals surface area contributed by atoms with E-state index in [0.29, 0.717) is 5.69 Å². The Morgan fingerprint density at radius 3 is 2.41 bits per heavy atom. The van der Waals surface area contributed by atoms with E-state index in [0.717, 1.165) is 32.4 Å². The van der Waals surface area contributed by atoms with Crippen LogP contribution in [0.4, 0.5) is 11.4 Å². The van der Waals surface area contributed by atoms with Crippen LogP contribution in [0.3, 0.4) is 0 Å². The van der Waals surface area contributed by atoms with Crippen LogP contribution < -0.4 is 4.90 Å². The molecule has 0 saturated carbocycles. The zero-order chi connectivity index (χ0) is 16.3. The van der Waals surface area contributed by atoms with Crippen LogP contribution in [0.5, 0.6) is 0 Å². The van der Waals surface area contributed by atoms with Gasteiger partial charge in [0, 0.05) is 19.2 Å². The number of benzene rings is 1. The van der Waals surface area contributed by atoms with E-state index >= 15 is 0 Å². The normalized spacial score (nSPS) is 15.5. The van der Waals surface area contributed by atoms with E-state index in [1.165, 1.54) is 6.07 Å².